The van der Waals surface area contributed by atoms with Crippen LogP contribution >= 0.6 is 0 Å². The number of hydrogen-bond acceptors (Lipinski definition) is 4. The Balaban J connectivity index is 1.84. The van der Waals surface area contributed by atoms with E-state index in [1.54, 1.807) is 0 Å². The average Bonchev–Trinajstić information content (AvgIpc) is 3.14. The van der Waals surface area contributed by atoms with Crippen LogP contribution in [0, 0.1) is 10.1 Å². The van der Waals surface area contributed by atoms with Crippen molar-refractivity contribution in [2.75, 3.05) is 6.54 Å². The summed E-state index contributed by atoms with van der Waals surface area (Å²) < 4.78 is 28.5. The third kappa shape index (κ3) is 3.30. The molecular weight excluding hydrogens is 400 g/mol. The first-order chi connectivity index (χ1) is 14.4. The second-order valence-electron chi connectivity index (χ2n) is 7.64. The number of para-hydroxylation sites is 1. The molecule has 1 saturated heterocycles. The van der Waals surface area contributed by atoms with Crippen LogP contribution in [0.1, 0.15) is 24.5 Å². The monoisotopic (exact) mass is 422 g/mol. The van der Waals surface area contributed by atoms with E-state index in [1.807, 2.05) is 67.6 Å². The van der Waals surface area contributed by atoms with E-state index in [4.69, 9.17) is 0 Å². The number of nitrogens with zero attached hydrogens (tertiary/aromatic N) is 2. The Morgan fingerprint density at radius 1 is 0.900 bits per heavy atom. The van der Waals surface area contributed by atoms with Crippen LogP contribution in [0.25, 0.3) is 0 Å². The molecule has 3 aromatic carbocycles. The number of hydrogen-bond donors (Lipinski definition) is 0. The summed E-state index contributed by atoms with van der Waals surface area (Å²) in [6.07, 6.45) is 0.584. The zero-order valence-electron chi connectivity index (χ0n) is 16.5. The third-order valence-corrected chi connectivity index (χ3v) is 7.87. The Bertz CT molecular complexity index is 1120. The molecule has 0 saturated carbocycles. The van der Waals surface area contributed by atoms with Crippen molar-refractivity contribution in [1.29, 1.82) is 0 Å². The summed E-state index contributed by atoms with van der Waals surface area (Å²) in [5, 5.41) is 11.5. The van der Waals surface area contributed by atoms with Crippen molar-refractivity contribution in [2.45, 2.75) is 29.7 Å². The second kappa shape index (κ2) is 7.66. The molecule has 1 aliphatic heterocycles. The van der Waals surface area contributed by atoms with Gasteiger partial charge in [0.05, 0.1) is 4.92 Å². The van der Waals surface area contributed by atoms with Crippen LogP contribution in [0.2, 0.25) is 0 Å². The van der Waals surface area contributed by atoms with Crippen molar-refractivity contribution in [1.82, 2.24) is 4.31 Å². The van der Waals surface area contributed by atoms with Crippen LogP contribution in [0.4, 0.5) is 5.69 Å². The van der Waals surface area contributed by atoms with Crippen LogP contribution in [0.3, 0.4) is 0 Å². The zero-order chi connectivity index (χ0) is 21.4. The molecular formula is C23H22N2O4S. The molecule has 1 heterocycles. The Hall–Kier alpha value is -3.03. The van der Waals surface area contributed by atoms with Gasteiger partial charge in [-0.1, -0.05) is 72.8 Å². The highest BCUT2D eigenvalue weighted by Gasteiger charge is 2.50. The van der Waals surface area contributed by atoms with E-state index in [1.165, 1.54) is 28.6 Å². The van der Waals surface area contributed by atoms with E-state index in [2.05, 4.69) is 0 Å². The summed E-state index contributed by atoms with van der Waals surface area (Å²) in [6.45, 7) is 2.08. The van der Waals surface area contributed by atoms with Gasteiger partial charge in [-0.15, -0.1) is 0 Å². The summed E-state index contributed by atoms with van der Waals surface area (Å²) in [5.74, 6) is 0. The predicted octanol–water partition coefficient (Wildman–Crippen LogP) is 4.36. The van der Waals surface area contributed by atoms with Gasteiger partial charge in [0.15, 0.2) is 4.90 Å². The largest absolute Gasteiger partial charge is 0.289 e. The molecule has 0 bridgehead atoms. The molecule has 3 aromatic rings. The minimum Gasteiger partial charge on any atom is -0.258 e. The molecule has 0 radical (unpaired) electrons. The summed E-state index contributed by atoms with van der Waals surface area (Å²) >= 11 is 0. The van der Waals surface area contributed by atoms with Gasteiger partial charge in [0.25, 0.3) is 5.69 Å². The van der Waals surface area contributed by atoms with Crippen molar-refractivity contribution in [3.8, 4) is 0 Å². The van der Waals surface area contributed by atoms with Crippen molar-refractivity contribution in [2.24, 2.45) is 0 Å². The summed E-state index contributed by atoms with van der Waals surface area (Å²) in [7, 11) is -4.06. The van der Waals surface area contributed by atoms with Gasteiger partial charge in [-0.2, -0.15) is 4.31 Å². The van der Waals surface area contributed by atoms with Gasteiger partial charge in [-0.05, 0) is 30.5 Å². The average molecular weight is 423 g/mol. The maximum Gasteiger partial charge on any atom is 0.289 e. The van der Waals surface area contributed by atoms with Crippen molar-refractivity contribution >= 4 is 15.7 Å². The SMILES string of the molecule is CC1CC(c2ccccc2)(c2ccccc2)CN1S(=O)(=O)c1ccccc1[N+](=O)[O-]. The fourth-order valence-corrected chi connectivity index (χ4v) is 6.31. The topological polar surface area (TPSA) is 80.5 Å². The highest BCUT2D eigenvalue weighted by Crippen LogP contribution is 2.46. The lowest BCUT2D eigenvalue weighted by molar-refractivity contribution is -0.387. The molecule has 1 fully saturated rings. The molecule has 4 rings (SSSR count). The van der Waals surface area contributed by atoms with E-state index >= 15 is 0 Å². The molecule has 6 nitrogen and oxygen atoms in total. The summed E-state index contributed by atoms with van der Waals surface area (Å²) in [4.78, 5) is 10.5. The van der Waals surface area contributed by atoms with Gasteiger partial charge in [-0.3, -0.25) is 10.1 Å². The minimum absolute atomic E-state index is 0.219. The predicted molar refractivity (Wildman–Crippen MR) is 115 cm³/mol. The van der Waals surface area contributed by atoms with E-state index in [9.17, 15) is 18.5 Å². The second-order valence-corrected chi connectivity index (χ2v) is 9.50. The van der Waals surface area contributed by atoms with Crippen LogP contribution in [-0.4, -0.2) is 30.2 Å². The highest BCUT2D eigenvalue weighted by atomic mass is 32.2. The van der Waals surface area contributed by atoms with Gasteiger partial charge in [0.1, 0.15) is 0 Å². The van der Waals surface area contributed by atoms with Crippen LogP contribution in [0.5, 0.6) is 0 Å². The van der Waals surface area contributed by atoms with Gasteiger partial charge >= 0.3 is 0 Å². The summed E-state index contributed by atoms with van der Waals surface area (Å²) in [5.41, 5.74) is 1.13. The lowest BCUT2D eigenvalue weighted by Gasteiger charge is -2.30. The Kier molecular flexibility index (Phi) is 5.17. The number of sulfonamides is 1. The first-order valence-electron chi connectivity index (χ1n) is 9.72. The fourth-order valence-electron chi connectivity index (χ4n) is 4.47. The maximum atomic E-state index is 13.5. The molecule has 0 aliphatic carbocycles. The Labute approximate surface area is 176 Å². The standard InChI is InChI=1S/C23H22N2O4S/c1-18-16-23(19-10-4-2-5-11-19,20-12-6-3-7-13-20)17-24(18)30(28,29)22-15-9-8-14-21(22)25(26)27/h2-15,18H,16-17H2,1H3. The first-order valence-corrected chi connectivity index (χ1v) is 11.2. The lowest BCUT2D eigenvalue weighted by atomic mass is 9.73. The van der Waals surface area contributed by atoms with Crippen LogP contribution in [-0.2, 0) is 15.4 Å². The van der Waals surface area contributed by atoms with E-state index in [-0.39, 0.29) is 17.5 Å². The van der Waals surface area contributed by atoms with Gasteiger partial charge in [0.2, 0.25) is 10.0 Å². The van der Waals surface area contributed by atoms with E-state index in [0.29, 0.717) is 6.42 Å². The Morgan fingerprint density at radius 3 is 1.93 bits per heavy atom. The smallest absolute Gasteiger partial charge is 0.258 e. The molecule has 1 atom stereocenters. The first kappa shape index (κ1) is 20.3. The van der Waals surface area contributed by atoms with Gasteiger partial charge in [0, 0.05) is 24.1 Å². The molecule has 1 aliphatic rings. The van der Waals surface area contributed by atoms with Crippen molar-refractivity contribution in [3.05, 3.63) is 106 Å². The lowest BCUT2D eigenvalue weighted by Crippen LogP contribution is -2.37. The van der Waals surface area contributed by atoms with Crippen LogP contribution < -0.4 is 0 Å². The van der Waals surface area contributed by atoms with Crippen LogP contribution in [0.15, 0.2) is 89.8 Å². The third-order valence-electron chi connectivity index (χ3n) is 5.86. The van der Waals surface area contributed by atoms with Gasteiger partial charge in [-0.25, -0.2) is 8.42 Å². The number of rotatable bonds is 5. The number of nitro benzene ring substituents is 1. The molecule has 30 heavy (non-hydrogen) atoms. The molecule has 0 amide bonds. The number of nitro groups is 1. The molecule has 0 N–H and O–H groups in total. The molecule has 7 heteroatoms. The highest BCUT2D eigenvalue weighted by molar-refractivity contribution is 7.89. The van der Waals surface area contributed by atoms with E-state index in [0.717, 1.165) is 11.1 Å². The normalized spacial score (nSPS) is 18.9. The molecule has 0 aromatic heterocycles. The van der Waals surface area contributed by atoms with Crippen molar-refractivity contribution in [3.63, 3.8) is 0 Å². The van der Waals surface area contributed by atoms with Crippen molar-refractivity contribution < 1.29 is 13.3 Å². The number of benzene rings is 3. The van der Waals surface area contributed by atoms with Gasteiger partial charge < -0.3 is 0 Å². The fraction of sp³-hybridized carbons (Fsp3) is 0.217. The van der Waals surface area contributed by atoms with E-state index < -0.39 is 26.0 Å². The molecule has 0 spiro atoms. The maximum absolute atomic E-state index is 13.5. The Morgan fingerprint density at radius 2 is 1.40 bits per heavy atom. The summed E-state index contributed by atoms with van der Waals surface area (Å²) in [6, 6.07) is 24.9. The quantitative estimate of drug-likeness (QED) is 0.452. The molecule has 154 valence electrons. The minimum atomic E-state index is -4.06. The zero-order valence-corrected chi connectivity index (χ0v) is 17.3. The molecule has 1 unspecified atom stereocenters.